The second-order valence-electron chi connectivity index (χ2n) is 2.54. The first-order valence-corrected chi connectivity index (χ1v) is 5.09. The standard InChI is InChI=1S/C9H12O3S/c1-11-5-8(10)6-13-7-9-3-2-4-12-9/h2-4H,5-7H2,1H3. The van der Waals surface area contributed by atoms with Crippen LogP contribution in [0.3, 0.4) is 0 Å². The van der Waals surface area contributed by atoms with Gasteiger partial charge in [-0.3, -0.25) is 4.79 Å². The fourth-order valence-corrected chi connectivity index (χ4v) is 1.64. The van der Waals surface area contributed by atoms with E-state index in [0.717, 1.165) is 11.5 Å². The second-order valence-corrected chi connectivity index (χ2v) is 3.53. The van der Waals surface area contributed by atoms with Crippen molar-refractivity contribution in [2.24, 2.45) is 0 Å². The first-order valence-electron chi connectivity index (χ1n) is 3.93. The summed E-state index contributed by atoms with van der Waals surface area (Å²) < 4.78 is 9.82. The smallest absolute Gasteiger partial charge is 0.168 e. The molecule has 0 N–H and O–H groups in total. The van der Waals surface area contributed by atoms with E-state index < -0.39 is 0 Å². The molecule has 0 unspecified atom stereocenters. The van der Waals surface area contributed by atoms with E-state index in [2.05, 4.69) is 0 Å². The van der Waals surface area contributed by atoms with Gasteiger partial charge in [0.2, 0.25) is 0 Å². The number of rotatable bonds is 6. The third-order valence-electron chi connectivity index (χ3n) is 1.39. The predicted molar refractivity (Wildman–Crippen MR) is 51.8 cm³/mol. The molecule has 0 saturated heterocycles. The average Bonchev–Trinajstić information content (AvgIpc) is 2.57. The SMILES string of the molecule is COCC(=O)CSCc1ccco1. The van der Waals surface area contributed by atoms with Gasteiger partial charge in [-0.15, -0.1) is 11.8 Å². The fourth-order valence-electron chi connectivity index (χ4n) is 0.863. The number of furan rings is 1. The molecule has 1 heterocycles. The molecule has 0 fully saturated rings. The Balaban J connectivity index is 2.11. The van der Waals surface area contributed by atoms with Gasteiger partial charge >= 0.3 is 0 Å². The third kappa shape index (κ3) is 4.15. The van der Waals surface area contributed by atoms with Crippen LogP contribution in [0.1, 0.15) is 5.76 Å². The van der Waals surface area contributed by atoms with Gasteiger partial charge in [0.1, 0.15) is 12.4 Å². The van der Waals surface area contributed by atoms with E-state index in [0.29, 0.717) is 5.75 Å². The zero-order chi connectivity index (χ0) is 9.52. The van der Waals surface area contributed by atoms with Crippen molar-refractivity contribution in [1.82, 2.24) is 0 Å². The first kappa shape index (κ1) is 10.3. The average molecular weight is 200 g/mol. The first-order chi connectivity index (χ1) is 6.33. The number of ketones is 1. The highest BCUT2D eigenvalue weighted by Gasteiger charge is 2.02. The van der Waals surface area contributed by atoms with Crippen molar-refractivity contribution in [3.05, 3.63) is 24.2 Å². The highest BCUT2D eigenvalue weighted by atomic mass is 32.2. The summed E-state index contributed by atoms with van der Waals surface area (Å²) in [6, 6.07) is 3.74. The van der Waals surface area contributed by atoms with Crippen LogP contribution < -0.4 is 0 Å². The number of Topliss-reactive ketones (excluding diaryl/α,β-unsaturated/α-hetero) is 1. The zero-order valence-electron chi connectivity index (χ0n) is 7.49. The van der Waals surface area contributed by atoms with Crippen LogP contribution in [0, 0.1) is 0 Å². The topological polar surface area (TPSA) is 39.4 Å². The van der Waals surface area contributed by atoms with Gasteiger partial charge in [0.25, 0.3) is 0 Å². The van der Waals surface area contributed by atoms with Crippen LogP contribution in [-0.2, 0) is 15.3 Å². The third-order valence-corrected chi connectivity index (χ3v) is 2.41. The maximum Gasteiger partial charge on any atom is 0.168 e. The van der Waals surface area contributed by atoms with E-state index in [1.54, 1.807) is 6.26 Å². The van der Waals surface area contributed by atoms with Crippen LogP contribution in [0.4, 0.5) is 0 Å². The molecule has 3 nitrogen and oxygen atoms in total. The molecule has 72 valence electrons. The van der Waals surface area contributed by atoms with Crippen molar-refractivity contribution in [2.75, 3.05) is 19.5 Å². The van der Waals surface area contributed by atoms with Crippen molar-refractivity contribution in [3.8, 4) is 0 Å². The Bertz CT molecular complexity index is 243. The molecule has 0 radical (unpaired) electrons. The summed E-state index contributed by atoms with van der Waals surface area (Å²) in [5.41, 5.74) is 0. The summed E-state index contributed by atoms with van der Waals surface area (Å²) in [6.07, 6.45) is 1.63. The lowest BCUT2D eigenvalue weighted by atomic mass is 10.5. The Morgan fingerprint density at radius 1 is 1.69 bits per heavy atom. The molecule has 0 saturated carbocycles. The van der Waals surface area contributed by atoms with Gasteiger partial charge in [-0.05, 0) is 12.1 Å². The van der Waals surface area contributed by atoms with E-state index in [9.17, 15) is 4.79 Å². The van der Waals surface area contributed by atoms with E-state index in [1.807, 2.05) is 12.1 Å². The van der Waals surface area contributed by atoms with Crippen LogP contribution >= 0.6 is 11.8 Å². The fraction of sp³-hybridized carbons (Fsp3) is 0.444. The molecule has 1 rings (SSSR count). The molecule has 1 aromatic rings. The van der Waals surface area contributed by atoms with Gasteiger partial charge in [0, 0.05) is 7.11 Å². The number of carbonyl (C=O) groups is 1. The molecule has 0 atom stereocenters. The Kier molecular flexibility index (Phi) is 4.64. The Hall–Kier alpha value is -0.740. The molecular weight excluding hydrogens is 188 g/mol. The maximum atomic E-state index is 11.0. The molecule has 0 aliphatic carbocycles. The lowest BCUT2D eigenvalue weighted by Crippen LogP contribution is -2.08. The van der Waals surface area contributed by atoms with Crippen LogP contribution in [0.25, 0.3) is 0 Å². The number of methoxy groups -OCH3 is 1. The molecule has 1 aromatic heterocycles. The molecule has 0 amide bonds. The van der Waals surface area contributed by atoms with E-state index >= 15 is 0 Å². The number of hydrogen-bond donors (Lipinski definition) is 0. The van der Waals surface area contributed by atoms with Gasteiger partial charge in [-0.1, -0.05) is 0 Å². The summed E-state index contributed by atoms with van der Waals surface area (Å²) in [6.45, 7) is 0.200. The van der Waals surface area contributed by atoms with Crippen molar-refractivity contribution < 1.29 is 13.9 Å². The maximum absolute atomic E-state index is 11.0. The monoisotopic (exact) mass is 200 g/mol. The summed E-state index contributed by atoms with van der Waals surface area (Å²) >= 11 is 1.54. The normalized spacial score (nSPS) is 10.2. The predicted octanol–water partition coefficient (Wildman–Crippen LogP) is 1.73. The second kappa shape index (κ2) is 5.83. The van der Waals surface area contributed by atoms with Crippen molar-refractivity contribution >= 4 is 17.5 Å². The van der Waals surface area contributed by atoms with Gasteiger partial charge < -0.3 is 9.15 Å². The molecule has 4 heteroatoms. The molecule has 0 aliphatic rings. The number of carbonyl (C=O) groups excluding carboxylic acids is 1. The van der Waals surface area contributed by atoms with E-state index in [-0.39, 0.29) is 12.4 Å². The molecular formula is C9H12O3S. The number of thioether (sulfide) groups is 1. The quantitative estimate of drug-likeness (QED) is 0.701. The summed E-state index contributed by atoms with van der Waals surface area (Å²) in [5.74, 6) is 2.23. The van der Waals surface area contributed by atoms with E-state index in [4.69, 9.17) is 9.15 Å². The van der Waals surface area contributed by atoms with Crippen LogP contribution in [-0.4, -0.2) is 25.3 Å². The zero-order valence-corrected chi connectivity index (χ0v) is 8.30. The van der Waals surface area contributed by atoms with Gasteiger partial charge in [0.05, 0.1) is 17.8 Å². The van der Waals surface area contributed by atoms with Crippen LogP contribution in [0.5, 0.6) is 0 Å². The van der Waals surface area contributed by atoms with Gasteiger partial charge in [0.15, 0.2) is 5.78 Å². The van der Waals surface area contributed by atoms with Gasteiger partial charge in [-0.25, -0.2) is 0 Å². The molecule has 0 spiro atoms. The molecule has 0 bridgehead atoms. The van der Waals surface area contributed by atoms with Gasteiger partial charge in [-0.2, -0.15) is 0 Å². The van der Waals surface area contributed by atoms with Crippen LogP contribution in [0.2, 0.25) is 0 Å². The summed E-state index contributed by atoms with van der Waals surface area (Å²) in [4.78, 5) is 11.0. The summed E-state index contributed by atoms with van der Waals surface area (Å²) in [7, 11) is 1.52. The Morgan fingerprint density at radius 2 is 2.54 bits per heavy atom. The largest absolute Gasteiger partial charge is 0.468 e. The molecule has 13 heavy (non-hydrogen) atoms. The molecule has 0 aliphatic heterocycles. The van der Waals surface area contributed by atoms with E-state index in [1.165, 1.54) is 18.9 Å². The number of hydrogen-bond acceptors (Lipinski definition) is 4. The lowest BCUT2D eigenvalue weighted by Gasteiger charge is -1.97. The highest BCUT2D eigenvalue weighted by Crippen LogP contribution is 2.11. The number of ether oxygens (including phenoxy) is 1. The highest BCUT2D eigenvalue weighted by molar-refractivity contribution is 7.99. The Morgan fingerprint density at radius 3 is 3.15 bits per heavy atom. The lowest BCUT2D eigenvalue weighted by molar-refractivity contribution is -0.120. The van der Waals surface area contributed by atoms with Crippen LogP contribution in [0.15, 0.2) is 22.8 Å². The minimum absolute atomic E-state index is 0.110. The van der Waals surface area contributed by atoms with Crippen molar-refractivity contribution in [3.63, 3.8) is 0 Å². The molecule has 0 aromatic carbocycles. The minimum atomic E-state index is 0.110. The Labute approximate surface area is 81.4 Å². The minimum Gasteiger partial charge on any atom is -0.468 e. The summed E-state index contributed by atoms with van der Waals surface area (Å²) in [5, 5.41) is 0. The van der Waals surface area contributed by atoms with Crippen molar-refractivity contribution in [1.29, 1.82) is 0 Å². The van der Waals surface area contributed by atoms with Crippen molar-refractivity contribution in [2.45, 2.75) is 5.75 Å².